The van der Waals surface area contributed by atoms with E-state index in [9.17, 15) is 4.79 Å². The van der Waals surface area contributed by atoms with Crippen LogP contribution in [0.5, 0.6) is 0 Å². The summed E-state index contributed by atoms with van der Waals surface area (Å²) in [6.45, 7) is 0. The Morgan fingerprint density at radius 1 is 1.62 bits per heavy atom. The molecule has 0 aliphatic heterocycles. The van der Waals surface area contributed by atoms with Gasteiger partial charge in [-0.15, -0.1) is 0 Å². The van der Waals surface area contributed by atoms with E-state index in [4.69, 9.17) is 0 Å². The first-order chi connectivity index (χ1) is 6.11. The Kier molecular flexibility index (Phi) is 2.84. The first kappa shape index (κ1) is 9.51. The van der Waals surface area contributed by atoms with Crippen molar-refractivity contribution in [2.24, 2.45) is 7.05 Å². The second-order valence-electron chi connectivity index (χ2n) is 2.95. The maximum absolute atomic E-state index is 11.2. The highest BCUT2D eigenvalue weighted by Gasteiger charge is 1.98. The minimum atomic E-state index is -0.0267. The normalized spacial score (nSPS) is 10.7. The van der Waals surface area contributed by atoms with Gasteiger partial charge in [0.15, 0.2) is 0 Å². The van der Waals surface area contributed by atoms with Crippen molar-refractivity contribution in [1.82, 2.24) is 14.7 Å². The summed E-state index contributed by atoms with van der Waals surface area (Å²) in [5.41, 5.74) is 0.912. The van der Waals surface area contributed by atoms with Crippen LogP contribution < -0.4 is 0 Å². The lowest BCUT2D eigenvalue weighted by atomic mass is 10.3. The van der Waals surface area contributed by atoms with Crippen LogP contribution in [0.2, 0.25) is 0 Å². The van der Waals surface area contributed by atoms with Crippen LogP contribution in [0.1, 0.15) is 5.69 Å². The molecule has 0 spiro atoms. The van der Waals surface area contributed by atoms with Gasteiger partial charge in [0.1, 0.15) is 0 Å². The fourth-order valence-corrected chi connectivity index (χ4v) is 0.853. The second kappa shape index (κ2) is 3.89. The van der Waals surface area contributed by atoms with Crippen molar-refractivity contribution in [3.05, 3.63) is 24.0 Å². The summed E-state index contributed by atoms with van der Waals surface area (Å²) in [6.07, 6.45) is 4.96. The molecule has 0 aliphatic carbocycles. The highest BCUT2D eigenvalue weighted by Crippen LogP contribution is 1.99. The van der Waals surface area contributed by atoms with E-state index >= 15 is 0 Å². The summed E-state index contributed by atoms with van der Waals surface area (Å²) in [7, 11) is 5.27. The lowest BCUT2D eigenvalue weighted by molar-refractivity contribution is -0.123. The molecular formula is C9H13N3O. The standard InChI is InChI=1S/C9H13N3O/c1-11(2)9(13)5-4-8-6-7-10-12(8)3/h4-7H,1-3H3. The molecule has 0 radical (unpaired) electrons. The molecular weight excluding hydrogens is 166 g/mol. The molecule has 4 heteroatoms. The summed E-state index contributed by atoms with van der Waals surface area (Å²) in [4.78, 5) is 12.7. The number of likely N-dealkylation sites (N-methyl/N-ethyl adjacent to an activating group) is 1. The second-order valence-corrected chi connectivity index (χ2v) is 2.95. The molecule has 13 heavy (non-hydrogen) atoms. The summed E-state index contributed by atoms with van der Waals surface area (Å²) >= 11 is 0. The van der Waals surface area contributed by atoms with Crippen LogP contribution >= 0.6 is 0 Å². The number of aromatic nitrogens is 2. The molecule has 70 valence electrons. The number of hydrogen-bond donors (Lipinski definition) is 0. The molecule has 4 nitrogen and oxygen atoms in total. The van der Waals surface area contributed by atoms with Gasteiger partial charge in [-0.2, -0.15) is 5.10 Å². The topological polar surface area (TPSA) is 38.1 Å². The number of aryl methyl sites for hydroxylation is 1. The Hall–Kier alpha value is -1.58. The van der Waals surface area contributed by atoms with Crippen LogP contribution in [0.3, 0.4) is 0 Å². The minimum Gasteiger partial charge on any atom is -0.345 e. The van der Waals surface area contributed by atoms with Crippen molar-refractivity contribution >= 4 is 12.0 Å². The molecule has 0 saturated carbocycles. The number of hydrogen-bond acceptors (Lipinski definition) is 2. The molecule has 1 rings (SSSR count). The van der Waals surface area contributed by atoms with Crippen LogP contribution in [0, 0.1) is 0 Å². The highest BCUT2D eigenvalue weighted by atomic mass is 16.2. The third-order valence-electron chi connectivity index (χ3n) is 1.70. The largest absolute Gasteiger partial charge is 0.345 e. The van der Waals surface area contributed by atoms with Gasteiger partial charge in [0, 0.05) is 33.4 Å². The van der Waals surface area contributed by atoms with Crippen molar-refractivity contribution in [2.75, 3.05) is 14.1 Å². The van der Waals surface area contributed by atoms with Gasteiger partial charge in [0.2, 0.25) is 5.91 Å². The smallest absolute Gasteiger partial charge is 0.246 e. The lowest BCUT2D eigenvalue weighted by Crippen LogP contribution is -2.18. The molecule has 0 unspecified atom stereocenters. The van der Waals surface area contributed by atoms with E-state index in [0.717, 1.165) is 5.69 Å². The van der Waals surface area contributed by atoms with Crippen LogP contribution in [-0.2, 0) is 11.8 Å². The number of nitrogens with zero attached hydrogens (tertiary/aromatic N) is 3. The van der Waals surface area contributed by atoms with Gasteiger partial charge in [-0.05, 0) is 12.1 Å². The molecule has 1 heterocycles. The Morgan fingerprint density at radius 2 is 2.31 bits per heavy atom. The third-order valence-corrected chi connectivity index (χ3v) is 1.70. The van der Waals surface area contributed by atoms with Crippen molar-refractivity contribution in [2.45, 2.75) is 0 Å². The molecule has 0 atom stereocenters. The Labute approximate surface area is 77.5 Å². The summed E-state index contributed by atoms with van der Waals surface area (Å²) < 4.78 is 1.71. The van der Waals surface area contributed by atoms with Crippen LogP contribution in [0.4, 0.5) is 0 Å². The molecule has 0 N–H and O–H groups in total. The van der Waals surface area contributed by atoms with E-state index in [-0.39, 0.29) is 5.91 Å². The van der Waals surface area contributed by atoms with Gasteiger partial charge in [0.25, 0.3) is 0 Å². The average Bonchev–Trinajstić information content (AvgIpc) is 2.47. The SMILES string of the molecule is CN(C)C(=O)C=Cc1ccnn1C. The monoisotopic (exact) mass is 179 g/mol. The van der Waals surface area contributed by atoms with E-state index in [1.54, 1.807) is 31.1 Å². The van der Waals surface area contributed by atoms with Gasteiger partial charge in [-0.25, -0.2) is 0 Å². The van der Waals surface area contributed by atoms with E-state index in [0.29, 0.717) is 0 Å². The zero-order valence-electron chi connectivity index (χ0n) is 8.06. The molecule has 0 bridgehead atoms. The summed E-state index contributed by atoms with van der Waals surface area (Å²) in [5, 5.41) is 3.98. The van der Waals surface area contributed by atoms with Gasteiger partial charge < -0.3 is 4.90 Å². The van der Waals surface area contributed by atoms with Crippen LogP contribution in [0.25, 0.3) is 6.08 Å². The van der Waals surface area contributed by atoms with Crippen LogP contribution in [-0.4, -0.2) is 34.7 Å². The molecule has 0 aromatic carbocycles. The van der Waals surface area contributed by atoms with E-state index in [2.05, 4.69) is 5.10 Å². The quantitative estimate of drug-likeness (QED) is 0.621. The van der Waals surface area contributed by atoms with Gasteiger partial charge >= 0.3 is 0 Å². The summed E-state index contributed by atoms with van der Waals surface area (Å²) in [5.74, 6) is -0.0267. The Morgan fingerprint density at radius 3 is 2.77 bits per heavy atom. The van der Waals surface area contributed by atoms with Crippen molar-refractivity contribution in [1.29, 1.82) is 0 Å². The van der Waals surface area contributed by atoms with E-state index < -0.39 is 0 Å². The number of carbonyl (C=O) groups excluding carboxylic acids is 1. The van der Waals surface area contributed by atoms with Gasteiger partial charge in [-0.3, -0.25) is 9.48 Å². The predicted molar refractivity (Wildman–Crippen MR) is 50.9 cm³/mol. The van der Waals surface area contributed by atoms with Crippen LogP contribution in [0.15, 0.2) is 18.3 Å². The number of amides is 1. The first-order valence-corrected chi connectivity index (χ1v) is 3.98. The maximum atomic E-state index is 11.2. The molecule has 0 saturated heterocycles. The first-order valence-electron chi connectivity index (χ1n) is 3.98. The fraction of sp³-hybridized carbons (Fsp3) is 0.333. The fourth-order valence-electron chi connectivity index (χ4n) is 0.853. The zero-order valence-corrected chi connectivity index (χ0v) is 8.06. The van der Waals surface area contributed by atoms with Gasteiger partial charge in [-0.1, -0.05) is 0 Å². The van der Waals surface area contributed by atoms with Gasteiger partial charge in [0.05, 0.1) is 5.69 Å². The van der Waals surface area contributed by atoms with Crippen molar-refractivity contribution in [3.8, 4) is 0 Å². The van der Waals surface area contributed by atoms with E-state index in [1.165, 1.54) is 11.0 Å². The predicted octanol–water partition coefficient (Wildman–Crippen LogP) is 0.521. The Bertz CT molecular complexity index is 325. The molecule has 1 aromatic rings. The molecule has 1 aromatic heterocycles. The molecule has 1 amide bonds. The number of rotatable bonds is 2. The summed E-state index contributed by atoms with van der Waals surface area (Å²) in [6, 6.07) is 1.85. The third kappa shape index (κ3) is 2.43. The number of carbonyl (C=O) groups is 1. The molecule has 0 fully saturated rings. The molecule has 0 aliphatic rings. The average molecular weight is 179 g/mol. The lowest BCUT2D eigenvalue weighted by Gasteiger charge is -2.04. The van der Waals surface area contributed by atoms with Crippen molar-refractivity contribution < 1.29 is 4.79 Å². The van der Waals surface area contributed by atoms with E-state index in [1.807, 2.05) is 13.1 Å². The maximum Gasteiger partial charge on any atom is 0.246 e. The minimum absolute atomic E-state index is 0.0267. The zero-order chi connectivity index (χ0) is 9.84. The highest BCUT2D eigenvalue weighted by molar-refractivity contribution is 5.91. The Balaban J connectivity index is 2.69. The van der Waals surface area contributed by atoms with Crippen molar-refractivity contribution in [3.63, 3.8) is 0 Å².